The van der Waals surface area contributed by atoms with Crippen LogP contribution < -0.4 is 25.5 Å². The number of nitrogens with zero attached hydrogens (tertiary/aromatic N) is 2. The first-order chi connectivity index (χ1) is 34.8. The van der Waals surface area contributed by atoms with Gasteiger partial charge in [-0.05, 0) is 195 Å². The lowest BCUT2D eigenvalue weighted by Crippen LogP contribution is -2.60. The lowest BCUT2D eigenvalue weighted by Gasteiger charge is -2.44. The van der Waals surface area contributed by atoms with E-state index < -0.39 is 0 Å². The van der Waals surface area contributed by atoms with Gasteiger partial charge < -0.3 is 14.2 Å². The highest BCUT2D eigenvalue weighted by molar-refractivity contribution is 7.33. The zero-order valence-corrected chi connectivity index (χ0v) is 45.5. The third-order valence-corrected chi connectivity index (χ3v) is 20.8. The summed E-state index contributed by atoms with van der Waals surface area (Å²) in [4.78, 5) is 5.36. The highest BCUT2D eigenvalue weighted by Crippen LogP contribution is 2.69. The number of fused-ring (bicyclic) bond motifs is 13. The largest absolute Gasteiger partial charge is 0.454 e. The maximum Gasteiger partial charge on any atom is 0.264 e. The third-order valence-electron chi connectivity index (χ3n) is 19.6. The summed E-state index contributed by atoms with van der Waals surface area (Å²) < 4.78 is 9.83. The molecule has 2 fully saturated rings. The molecule has 0 unspecified atom stereocenters. The van der Waals surface area contributed by atoms with Crippen molar-refractivity contribution in [1.82, 2.24) is 0 Å². The molecule has 7 aromatic carbocycles. The number of anilines is 6. The molecular formula is C68H67BN2OS. The Labute approximate surface area is 436 Å². The molecule has 2 bridgehead atoms. The van der Waals surface area contributed by atoms with Crippen molar-refractivity contribution in [2.24, 2.45) is 11.8 Å². The first-order valence-corrected chi connectivity index (χ1v) is 28.4. The monoisotopic (exact) mass is 971 g/mol. The minimum atomic E-state index is -0.0490. The molecular weight excluding hydrogens is 904 g/mol. The number of furan rings is 1. The molecule has 3 nitrogen and oxygen atoms in total. The van der Waals surface area contributed by atoms with Gasteiger partial charge in [0.05, 0.1) is 11.4 Å². The van der Waals surface area contributed by atoms with Gasteiger partial charge in [-0.3, -0.25) is 0 Å². The van der Waals surface area contributed by atoms with Crippen molar-refractivity contribution < 1.29 is 4.42 Å². The lowest BCUT2D eigenvalue weighted by molar-refractivity contribution is 0.332. The lowest BCUT2D eigenvalue weighted by atomic mass is 9.36. The van der Waals surface area contributed by atoms with Gasteiger partial charge in [0.25, 0.3) is 6.71 Å². The van der Waals surface area contributed by atoms with Gasteiger partial charge in [0, 0.05) is 53.8 Å². The molecule has 0 atom stereocenters. The topological polar surface area (TPSA) is 19.6 Å². The molecule has 2 saturated carbocycles. The average Bonchev–Trinajstić information content (AvgIpc) is 4.18. The van der Waals surface area contributed by atoms with E-state index in [2.05, 4.69) is 219 Å². The summed E-state index contributed by atoms with van der Waals surface area (Å²) in [5, 5.41) is 3.70. The summed E-state index contributed by atoms with van der Waals surface area (Å²) in [7, 11) is 0. The fourth-order valence-corrected chi connectivity index (χ4v) is 17.1. The minimum Gasteiger partial charge on any atom is -0.454 e. The van der Waals surface area contributed by atoms with E-state index in [4.69, 9.17) is 4.42 Å². The number of hydrogen-bond donors (Lipinski definition) is 0. The predicted molar refractivity (Wildman–Crippen MR) is 312 cm³/mol. The average molecular weight is 971 g/mol. The Kier molecular flexibility index (Phi) is 8.78. The summed E-state index contributed by atoms with van der Waals surface area (Å²) in [6.07, 6.45) is 7.68. The maximum atomic E-state index is 6.97. The molecule has 2 aromatic heterocycles. The van der Waals surface area contributed by atoms with Crippen LogP contribution in [0.3, 0.4) is 0 Å². The highest BCUT2D eigenvalue weighted by atomic mass is 32.1. The van der Waals surface area contributed by atoms with Crippen LogP contribution >= 0.6 is 11.3 Å². The van der Waals surface area contributed by atoms with Crippen LogP contribution in [0.25, 0.3) is 43.2 Å². The Hall–Kier alpha value is -6.04. The van der Waals surface area contributed by atoms with Crippen molar-refractivity contribution >= 4 is 99.9 Å². The van der Waals surface area contributed by atoms with Crippen LogP contribution in [0.15, 0.2) is 126 Å². The number of benzene rings is 7. The van der Waals surface area contributed by atoms with E-state index in [0.717, 1.165) is 27.6 Å². The zero-order valence-electron chi connectivity index (χ0n) is 44.7. The van der Waals surface area contributed by atoms with E-state index in [1.807, 2.05) is 0 Å². The van der Waals surface area contributed by atoms with Crippen LogP contribution in [-0.4, -0.2) is 6.71 Å². The second-order valence-corrected chi connectivity index (χ2v) is 27.8. The summed E-state index contributed by atoms with van der Waals surface area (Å²) in [6, 6.07) is 48.4. The molecule has 0 saturated heterocycles. The van der Waals surface area contributed by atoms with Gasteiger partial charge in [-0.1, -0.05) is 136 Å². The number of para-hydroxylation sites is 2. The van der Waals surface area contributed by atoms with Crippen molar-refractivity contribution in [1.29, 1.82) is 0 Å². The smallest absolute Gasteiger partial charge is 0.264 e. The van der Waals surface area contributed by atoms with Crippen molar-refractivity contribution in [3.05, 3.63) is 160 Å². The Bertz CT molecular complexity index is 3880. The summed E-state index contributed by atoms with van der Waals surface area (Å²) >= 11 is 2.06. The van der Waals surface area contributed by atoms with E-state index in [-0.39, 0.29) is 33.8 Å². The Morgan fingerprint density at radius 1 is 0.562 bits per heavy atom. The number of rotatable bonds is 2. The second kappa shape index (κ2) is 14.4. The van der Waals surface area contributed by atoms with Gasteiger partial charge in [0.2, 0.25) is 0 Å². The molecule has 4 heterocycles. The van der Waals surface area contributed by atoms with Crippen molar-refractivity contribution in [2.45, 2.75) is 142 Å². The van der Waals surface area contributed by atoms with Crippen LogP contribution in [0, 0.1) is 18.8 Å². The van der Waals surface area contributed by atoms with E-state index in [0.29, 0.717) is 11.8 Å². The predicted octanol–water partition coefficient (Wildman–Crippen LogP) is 17.2. The molecule has 0 radical (unpaired) electrons. The van der Waals surface area contributed by atoms with Crippen LogP contribution in [0.2, 0.25) is 0 Å². The molecule has 73 heavy (non-hydrogen) atoms. The fourth-order valence-electron chi connectivity index (χ4n) is 15.8. The Balaban J connectivity index is 1.04. The van der Waals surface area contributed by atoms with E-state index in [1.165, 1.54) is 132 Å². The molecule has 364 valence electrons. The number of thiophene rings is 1. The van der Waals surface area contributed by atoms with Crippen molar-refractivity contribution in [2.75, 3.05) is 9.80 Å². The molecule has 0 N–H and O–H groups in total. The van der Waals surface area contributed by atoms with Gasteiger partial charge in [-0.2, -0.15) is 0 Å². The SMILES string of the molecule is Cc1cc2c3c(c1)N(c1cccc4c1oc1ccccc14)c1cc(C(C)(C)C)ccc1B3c1sc3cc4c(cc3c1N2c1ccc2c(c1)C1(c3cc(C(C)(C)C)ccc3-2)C2CCC1CC2)C(C)(C)CCC4(C)C. The van der Waals surface area contributed by atoms with Gasteiger partial charge in [0.1, 0.15) is 5.58 Å². The van der Waals surface area contributed by atoms with E-state index >= 15 is 0 Å². The molecule has 4 aliphatic carbocycles. The van der Waals surface area contributed by atoms with Crippen molar-refractivity contribution in [3.8, 4) is 11.1 Å². The van der Waals surface area contributed by atoms with E-state index in [1.54, 1.807) is 11.1 Å². The quantitative estimate of drug-likeness (QED) is 0.161. The van der Waals surface area contributed by atoms with Crippen LogP contribution in [0.1, 0.15) is 147 Å². The third kappa shape index (κ3) is 5.84. The molecule has 15 rings (SSSR count). The van der Waals surface area contributed by atoms with Gasteiger partial charge in [0.15, 0.2) is 5.58 Å². The molecule has 9 aromatic rings. The van der Waals surface area contributed by atoms with Crippen LogP contribution in [0.5, 0.6) is 0 Å². The van der Waals surface area contributed by atoms with E-state index in [9.17, 15) is 0 Å². The normalized spacial score (nSPS) is 21.8. The zero-order chi connectivity index (χ0) is 50.0. The molecule has 5 heteroatoms. The Morgan fingerprint density at radius 2 is 1.18 bits per heavy atom. The first kappa shape index (κ1) is 44.5. The molecule has 0 amide bonds. The van der Waals surface area contributed by atoms with Crippen molar-refractivity contribution in [3.63, 3.8) is 0 Å². The summed E-state index contributed by atoms with van der Waals surface area (Å²) in [6.45, 7) is 26.5. The number of aryl methyl sites for hydroxylation is 1. The minimum absolute atomic E-state index is 0.0361. The maximum absolute atomic E-state index is 6.97. The van der Waals surface area contributed by atoms with Gasteiger partial charge in [-0.25, -0.2) is 0 Å². The fraction of sp³-hybridized carbons (Fsp3) is 0.353. The second-order valence-electron chi connectivity index (χ2n) is 26.7. The molecule has 2 aliphatic heterocycles. The Morgan fingerprint density at radius 3 is 1.89 bits per heavy atom. The molecule has 6 aliphatic rings. The summed E-state index contributed by atoms with van der Waals surface area (Å²) in [5.74, 6) is 1.33. The van der Waals surface area contributed by atoms with Gasteiger partial charge >= 0.3 is 0 Å². The number of hydrogen-bond acceptors (Lipinski definition) is 4. The molecule has 1 spiro atoms. The summed E-state index contributed by atoms with van der Waals surface area (Å²) in [5.41, 5.74) is 25.6. The van der Waals surface area contributed by atoms with Crippen LogP contribution in [-0.2, 0) is 27.1 Å². The highest BCUT2D eigenvalue weighted by Gasteiger charge is 2.60. The van der Waals surface area contributed by atoms with Gasteiger partial charge in [-0.15, -0.1) is 11.3 Å². The first-order valence-electron chi connectivity index (χ1n) is 27.5. The standard InChI is InChI=1S/C68H67BN2OS/c1-38-31-56-60-57(32-38)71(54-17-14-16-47-46-15-12-13-18-58(46)72-62(47)54)55-34-42(65(5,6)7)24-28-53(55)69(60)63-61(48-36-51-52(37-59(48)73-63)67(10,11)30-29-66(51,8)9)70(56)43-25-27-45-44-26-23-41(64(2,3)4)33-49(44)68(50(45)35-43)39-19-20-40(68)22-21-39/h12-18,23-28,31-37,39-40H,19-22,29-30H2,1-11H3. The van der Waals surface area contributed by atoms with Crippen LogP contribution in [0.4, 0.5) is 34.1 Å².